The summed E-state index contributed by atoms with van der Waals surface area (Å²) in [5.41, 5.74) is 4.72. The number of rotatable bonds is 9. The first-order valence-corrected chi connectivity index (χ1v) is 10.5. The molecule has 0 saturated heterocycles. The molecule has 0 bridgehead atoms. The van der Waals surface area contributed by atoms with Crippen LogP contribution in [0.1, 0.15) is 31.6 Å². The quantitative estimate of drug-likeness (QED) is 0.325. The molecule has 0 saturated carbocycles. The predicted octanol–water partition coefficient (Wildman–Crippen LogP) is 4.14. The van der Waals surface area contributed by atoms with Crippen molar-refractivity contribution in [1.29, 1.82) is 0 Å². The zero-order valence-electron chi connectivity index (χ0n) is 16.8. The lowest BCUT2D eigenvalue weighted by Crippen LogP contribution is -2.20. The maximum Gasteiger partial charge on any atom is 0.250 e. The minimum absolute atomic E-state index is 0.196. The molecule has 0 aliphatic carbocycles. The van der Waals surface area contributed by atoms with Crippen LogP contribution in [0.5, 0.6) is 0 Å². The Labute approximate surface area is 174 Å². The molecule has 3 aromatic rings. The lowest BCUT2D eigenvalue weighted by molar-refractivity contribution is -0.118. The van der Waals surface area contributed by atoms with Crippen LogP contribution < -0.4 is 5.43 Å². The maximum atomic E-state index is 12.1. The maximum absolute atomic E-state index is 12.1. The minimum Gasteiger partial charge on any atom is -0.463 e. The molecule has 1 N–H and O–H groups in total. The van der Waals surface area contributed by atoms with Gasteiger partial charge in [0, 0.05) is 12.1 Å². The van der Waals surface area contributed by atoms with E-state index in [2.05, 4.69) is 70.3 Å². The molecule has 0 radical (unpaired) electrons. The van der Waals surface area contributed by atoms with Crippen LogP contribution in [0.3, 0.4) is 0 Å². The highest BCUT2D eigenvalue weighted by Gasteiger charge is 2.17. The molecule has 29 heavy (non-hydrogen) atoms. The first kappa shape index (κ1) is 20.9. The average Bonchev–Trinajstić information content (AvgIpc) is 3.37. The number of hydrogen-bond acceptors (Lipinski definition) is 6. The largest absolute Gasteiger partial charge is 0.463 e. The van der Waals surface area contributed by atoms with Crippen molar-refractivity contribution in [2.24, 2.45) is 11.0 Å². The van der Waals surface area contributed by atoms with Gasteiger partial charge < -0.3 is 8.98 Å². The molecule has 7 nitrogen and oxygen atoms in total. The van der Waals surface area contributed by atoms with Crippen molar-refractivity contribution in [3.8, 4) is 11.4 Å². The smallest absolute Gasteiger partial charge is 0.250 e. The van der Waals surface area contributed by atoms with Gasteiger partial charge in [-0.05, 0) is 25.0 Å². The van der Waals surface area contributed by atoms with Crippen LogP contribution in [-0.4, -0.2) is 32.6 Å². The van der Waals surface area contributed by atoms with Crippen LogP contribution in [0.2, 0.25) is 0 Å². The monoisotopic (exact) mass is 411 g/mol. The number of benzene rings is 1. The van der Waals surface area contributed by atoms with Gasteiger partial charge in [-0.3, -0.25) is 4.79 Å². The van der Waals surface area contributed by atoms with E-state index in [0.29, 0.717) is 11.7 Å². The Morgan fingerprint density at radius 1 is 1.31 bits per heavy atom. The topological polar surface area (TPSA) is 85.3 Å². The van der Waals surface area contributed by atoms with Crippen LogP contribution in [0.15, 0.2) is 57.3 Å². The highest BCUT2D eigenvalue weighted by molar-refractivity contribution is 7.99. The standard InChI is InChI=1S/C21H25N5O2S/c1-4-15(2)13-26-20(17-9-7-16(3)8-10-17)24-25-21(26)29-14-19(27)23-22-12-18-6-5-11-28-18/h5-12,15H,4,13-14H2,1-3H3,(H,23,27)/b22-12+. The fraction of sp³-hybridized carbons (Fsp3) is 0.333. The number of hydrogen-bond donors (Lipinski definition) is 1. The van der Waals surface area contributed by atoms with Gasteiger partial charge in [0.25, 0.3) is 5.91 Å². The van der Waals surface area contributed by atoms with E-state index in [-0.39, 0.29) is 11.7 Å². The molecule has 152 valence electrons. The highest BCUT2D eigenvalue weighted by Crippen LogP contribution is 2.26. The predicted molar refractivity (Wildman–Crippen MR) is 115 cm³/mol. The van der Waals surface area contributed by atoms with Gasteiger partial charge in [0.2, 0.25) is 0 Å². The number of carbonyl (C=O) groups is 1. The normalized spacial score (nSPS) is 12.4. The molecule has 0 fully saturated rings. The van der Waals surface area contributed by atoms with Crippen LogP contribution in [0.25, 0.3) is 11.4 Å². The SMILES string of the molecule is CCC(C)Cn1c(SCC(=O)N/N=C/c2ccco2)nnc1-c1ccc(C)cc1. The van der Waals surface area contributed by atoms with E-state index in [0.717, 1.165) is 29.5 Å². The first-order valence-electron chi connectivity index (χ1n) is 9.55. The second-order valence-electron chi connectivity index (χ2n) is 6.89. The molecule has 1 unspecified atom stereocenters. The van der Waals surface area contributed by atoms with Gasteiger partial charge in [-0.15, -0.1) is 10.2 Å². The van der Waals surface area contributed by atoms with Gasteiger partial charge in [-0.1, -0.05) is 61.9 Å². The van der Waals surface area contributed by atoms with Gasteiger partial charge in [0.1, 0.15) is 5.76 Å². The van der Waals surface area contributed by atoms with E-state index in [1.807, 2.05) is 0 Å². The van der Waals surface area contributed by atoms with Crippen LogP contribution in [0.4, 0.5) is 0 Å². The molecule has 0 spiro atoms. The Hall–Kier alpha value is -2.87. The number of hydrazone groups is 1. The van der Waals surface area contributed by atoms with Crippen molar-refractivity contribution in [3.63, 3.8) is 0 Å². The summed E-state index contributed by atoms with van der Waals surface area (Å²) in [6, 6.07) is 11.8. The third-order valence-electron chi connectivity index (χ3n) is 4.47. The molecule has 2 aromatic heterocycles. The summed E-state index contributed by atoms with van der Waals surface area (Å²) in [5.74, 6) is 1.86. The number of aryl methyl sites for hydroxylation is 1. The lowest BCUT2D eigenvalue weighted by atomic mass is 10.1. The lowest BCUT2D eigenvalue weighted by Gasteiger charge is -2.14. The number of furan rings is 1. The minimum atomic E-state index is -0.215. The second kappa shape index (κ2) is 10.1. The summed E-state index contributed by atoms with van der Waals surface area (Å²) in [5, 5.41) is 13.4. The molecule has 1 aromatic carbocycles. The van der Waals surface area contributed by atoms with Crippen molar-refractivity contribution >= 4 is 23.9 Å². The van der Waals surface area contributed by atoms with E-state index in [1.54, 1.807) is 18.4 Å². The van der Waals surface area contributed by atoms with Gasteiger partial charge in [0.15, 0.2) is 11.0 Å². The van der Waals surface area contributed by atoms with E-state index in [4.69, 9.17) is 4.42 Å². The molecular formula is C21H25N5O2S. The van der Waals surface area contributed by atoms with Crippen LogP contribution >= 0.6 is 11.8 Å². The third-order valence-corrected chi connectivity index (χ3v) is 5.44. The zero-order valence-corrected chi connectivity index (χ0v) is 17.6. The summed E-state index contributed by atoms with van der Waals surface area (Å²) < 4.78 is 7.23. The molecule has 1 amide bonds. The van der Waals surface area contributed by atoms with Crippen molar-refractivity contribution in [1.82, 2.24) is 20.2 Å². The molecule has 0 aliphatic heterocycles. The average molecular weight is 412 g/mol. The molecule has 1 atom stereocenters. The van der Waals surface area contributed by atoms with Gasteiger partial charge >= 0.3 is 0 Å². The van der Waals surface area contributed by atoms with E-state index < -0.39 is 0 Å². The molecule has 2 heterocycles. The van der Waals surface area contributed by atoms with E-state index in [9.17, 15) is 4.79 Å². The fourth-order valence-corrected chi connectivity index (χ4v) is 3.35. The van der Waals surface area contributed by atoms with Gasteiger partial charge in [-0.2, -0.15) is 5.10 Å². The number of thioether (sulfide) groups is 1. The summed E-state index contributed by atoms with van der Waals surface area (Å²) in [7, 11) is 0. The van der Waals surface area contributed by atoms with Crippen molar-refractivity contribution in [3.05, 3.63) is 54.0 Å². The first-order chi connectivity index (χ1) is 14.1. The Morgan fingerprint density at radius 3 is 2.79 bits per heavy atom. The highest BCUT2D eigenvalue weighted by atomic mass is 32.2. The number of amides is 1. The van der Waals surface area contributed by atoms with Crippen molar-refractivity contribution in [2.45, 2.75) is 38.9 Å². The van der Waals surface area contributed by atoms with Gasteiger partial charge in [-0.25, -0.2) is 5.43 Å². The molecular weight excluding hydrogens is 386 g/mol. The number of nitrogens with zero attached hydrogens (tertiary/aromatic N) is 4. The Bertz CT molecular complexity index is 948. The Balaban J connectivity index is 1.69. The molecule has 8 heteroatoms. The zero-order chi connectivity index (χ0) is 20.6. The summed E-state index contributed by atoms with van der Waals surface area (Å²) in [4.78, 5) is 12.1. The summed E-state index contributed by atoms with van der Waals surface area (Å²) in [6.45, 7) is 7.22. The number of aromatic nitrogens is 3. The Morgan fingerprint density at radius 2 is 2.10 bits per heavy atom. The van der Waals surface area contributed by atoms with Gasteiger partial charge in [0.05, 0.1) is 18.2 Å². The number of carbonyl (C=O) groups excluding carboxylic acids is 1. The third kappa shape index (κ3) is 5.80. The van der Waals surface area contributed by atoms with Crippen LogP contribution in [-0.2, 0) is 11.3 Å². The van der Waals surface area contributed by atoms with E-state index in [1.165, 1.54) is 23.5 Å². The van der Waals surface area contributed by atoms with Crippen molar-refractivity contribution < 1.29 is 9.21 Å². The van der Waals surface area contributed by atoms with Crippen LogP contribution in [0, 0.1) is 12.8 Å². The summed E-state index contributed by atoms with van der Waals surface area (Å²) >= 11 is 1.35. The fourth-order valence-electron chi connectivity index (χ4n) is 2.61. The molecule has 3 rings (SSSR count). The Kier molecular flexibility index (Phi) is 7.24. The number of nitrogens with one attached hydrogen (secondary N) is 1. The van der Waals surface area contributed by atoms with E-state index >= 15 is 0 Å². The van der Waals surface area contributed by atoms with Crippen molar-refractivity contribution in [2.75, 3.05) is 5.75 Å². The molecule has 0 aliphatic rings. The summed E-state index contributed by atoms with van der Waals surface area (Å²) in [6.07, 6.45) is 4.07. The second-order valence-corrected chi connectivity index (χ2v) is 7.84.